The van der Waals surface area contributed by atoms with E-state index in [0.717, 1.165) is 38.1 Å². The normalized spacial score (nSPS) is 11.2. The lowest BCUT2D eigenvalue weighted by Gasteiger charge is -2.03. The SMILES string of the molecule is COCCCCn1cc(CCN)c2cccnc21. The molecule has 4 heteroatoms. The molecular formula is C14H21N3O. The van der Waals surface area contributed by atoms with Crippen LogP contribution in [0.2, 0.25) is 0 Å². The number of nitrogens with zero attached hydrogens (tertiary/aromatic N) is 2. The molecular weight excluding hydrogens is 226 g/mol. The van der Waals surface area contributed by atoms with Crippen LogP contribution in [0.5, 0.6) is 0 Å². The molecule has 0 spiro atoms. The number of nitrogens with two attached hydrogens (primary N) is 1. The molecule has 0 aromatic carbocycles. The maximum Gasteiger partial charge on any atom is 0.140 e. The number of hydrogen-bond donors (Lipinski definition) is 1. The second-order valence-corrected chi connectivity index (χ2v) is 4.46. The molecule has 0 unspecified atom stereocenters. The molecule has 2 aromatic rings. The molecule has 0 radical (unpaired) electrons. The van der Waals surface area contributed by atoms with Gasteiger partial charge in [-0.1, -0.05) is 0 Å². The van der Waals surface area contributed by atoms with Gasteiger partial charge in [-0.15, -0.1) is 0 Å². The van der Waals surface area contributed by atoms with E-state index in [2.05, 4.69) is 21.8 Å². The number of fused-ring (bicyclic) bond motifs is 1. The number of aromatic nitrogens is 2. The van der Waals surface area contributed by atoms with Gasteiger partial charge in [-0.05, 0) is 43.5 Å². The predicted molar refractivity (Wildman–Crippen MR) is 73.6 cm³/mol. The summed E-state index contributed by atoms with van der Waals surface area (Å²) in [5.74, 6) is 0. The van der Waals surface area contributed by atoms with Gasteiger partial charge in [0.25, 0.3) is 0 Å². The van der Waals surface area contributed by atoms with Crippen LogP contribution in [-0.2, 0) is 17.7 Å². The van der Waals surface area contributed by atoms with Crippen molar-refractivity contribution in [2.45, 2.75) is 25.8 Å². The third-order valence-electron chi connectivity index (χ3n) is 3.13. The van der Waals surface area contributed by atoms with Gasteiger partial charge in [-0.2, -0.15) is 0 Å². The first-order valence-corrected chi connectivity index (χ1v) is 6.48. The van der Waals surface area contributed by atoms with Crippen LogP contribution in [-0.4, -0.2) is 29.8 Å². The highest BCUT2D eigenvalue weighted by atomic mass is 16.5. The van der Waals surface area contributed by atoms with E-state index in [1.165, 1.54) is 10.9 Å². The number of ether oxygens (including phenoxy) is 1. The average Bonchev–Trinajstić information content (AvgIpc) is 2.74. The zero-order valence-electron chi connectivity index (χ0n) is 10.9. The number of unbranched alkanes of at least 4 members (excludes halogenated alkanes) is 1. The average molecular weight is 247 g/mol. The Kier molecular flexibility index (Phi) is 4.73. The van der Waals surface area contributed by atoms with Gasteiger partial charge >= 0.3 is 0 Å². The molecule has 2 aromatic heterocycles. The third-order valence-corrected chi connectivity index (χ3v) is 3.13. The van der Waals surface area contributed by atoms with E-state index in [4.69, 9.17) is 10.5 Å². The number of rotatable bonds is 7. The molecule has 0 aliphatic rings. The molecule has 0 saturated carbocycles. The Morgan fingerprint density at radius 2 is 2.28 bits per heavy atom. The van der Waals surface area contributed by atoms with Crippen LogP contribution in [0.3, 0.4) is 0 Å². The number of aryl methyl sites for hydroxylation is 1. The molecule has 2 N–H and O–H groups in total. The minimum absolute atomic E-state index is 0.678. The van der Waals surface area contributed by atoms with Crippen molar-refractivity contribution in [2.75, 3.05) is 20.3 Å². The Hall–Kier alpha value is -1.39. The predicted octanol–water partition coefficient (Wildman–Crippen LogP) is 1.96. The first-order chi connectivity index (χ1) is 8.86. The lowest BCUT2D eigenvalue weighted by molar-refractivity contribution is 0.191. The fourth-order valence-corrected chi connectivity index (χ4v) is 2.25. The monoisotopic (exact) mass is 247 g/mol. The quantitative estimate of drug-likeness (QED) is 0.761. The highest BCUT2D eigenvalue weighted by Crippen LogP contribution is 2.20. The summed E-state index contributed by atoms with van der Waals surface area (Å²) in [7, 11) is 1.74. The molecule has 0 bridgehead atoms. The summed E-state index contributed by atoms with van der Waals surface area (Å²) >= 11 is 0. The van der Waals surface area contributed by atoms with Gasteiger partial charge in [0.05, 0.1) is 0 Å². The summed E-state index contributed by atoms with van der Waals surface area (Å²) in [5.41, 5.74) is 8.02. The lowest BCUT2D eigenvalue weighted by atomic mass is 10.2. The van der Waals surface area contributed by atoms with E-state index in [-0.39, 0.29) is 0 Å². The van der Waals surface area contributed by atoms with Crippen LogP contribution in [0.25, 0.3) is 11.0 Å². The summed E-state index contributed by atoms with van der Waals surface area (Å²) < 4.78 is 7.30. The van der Waals surface area contributed by atoms with Gasteiger partial charge in [-0.25, -0.2) is 4.98 Å². The van der Waals surface area contributed by atoms with Gasteiger partial charge in [0.2, 0.25) is 0 Å². The highest BCUT2D eigenvalue weighted by molar-refractivity contribution is 5.80. The molecule has 0 aliphatic carbocycles. The smallest absolute Gasteiger partial charge is 0.140 e. The highest BCUT2D eigenvalue weighted by Gasteiger charge is 2.08. The summed E-state index contributed by atoms with van der Waals surface area (Å²) in [6, 6.07) is 4.11. The molecule has 0 amide bonds. The van der Waals surface area contributed by atoms with E-state index in [9.17, 15) is 0 Å². The first kappa shape index (κ1) is 13.1. The van der Waals surface area contributed by atoms with E-state index in [1.54, 1.807) is 7.11 Å². The molecule has 18 heavy (non-hydrogen) atoms. The van der Waals surface area contributed by atoms with E-state index < -0.39 is 0 Å². The van der Waals surface area contributed by atoms with E-state index in [0.29, 0.717) is 6.54 Å². The summed E-state index contributed by atoms with van der Waals surface area (Å²) in [6.07, 6.45) is 7.14. The van der Waals surface area contributed by atoms with Crippen LogP contribution < -0.4 is 5.73 Å². The summed E-state index contributed by atoms with van der Waals surface area (Å²) in [4.78, 5) is 4.47. The van der Waals surface area contributed by atoms with Crippen LogP contribution in [0, 0.1) is 0 Å². The Labute approximate surface area is 108 Å². The van der Waals surface area contributed by atoms with Crippen LogP contribution in [0.4, 0.5) is 0 Å². The van der Waals surface area contributed by atoms with Crippen LogP contribution in [0.15, 0.2) is 24.5 Å². The van der Waals surface area contributed by atoms with Crippen molar-refractivity contribution in [2.24, 2.45) is 5.73 Å². The Balaban J connectivity index is 2.16. The van der Waals surface area contributed by atoms with E-state index in [1.807, 2.05) is 12.3 Å². The van der Waals surface area contributed by atoms with Crippen LogP contribution >= 0.6 is 0 Å². The molecule has 2 heterocycles. The second kappa shape index (κ2) is 6.52. The fourth-order valence-electron chi connectivity index (χ4n) is 2.25. The van der Waals surface area contributed by atoms with Crippen molar-refractivity contribution in [3.05, 3.63) is 30.1 Å². The van der Waals surface area contributed by atoms with Gasteiger partial charge < -0.3 is 15.0 Å². The van der Waals surface area contributed by atoms with Crippen molar-refractivity contribution in [1.82, 2.24) is 9.55 Å². The minimum atomic E-state index is 0.678. The van der Waals surface area contributed by atoms with Crippen LogP contribution in [0.1, 0.15) is 18.4 Å². The van der Waals surface area contributed by atoms with Crippen molar-refractivity contribution in [1.29, 1.82) is 0 Å². The lowest BCUT2D eigenvalue weighted by Crippen LogP contribution is -2.02. The summed E-state index contributed by atoms with van der Waals surface area (Å²) in [6.45, 7) is 2.49. The van der Waals surface area contributed by atoms with Gasteiger partial charge in [0.15, 0.2) is 0 Å². The standard InChI is InChI=1S/C14H21N3O/c1-18-10-3-2-9-17-11-12(6-7-15)13-5-4-8-16-14(13)17/h4-5,8,11H,2-3,6-7,9-10,15H2,1H3. The summed E-state index contributed by atoms with van der Waals surface area (Å²) in [5, 5.41) is 1.23. The zero-order valence-corrected chi connectivity index (χ0v) is 10.9. The van der Waals surface area contributed by atoms with Crippen molar-refractivity contribution < 1.29 is 4.74 Å². The fraction of sp³-hybridized carbons (Fsp3) is 0.500. The second-order valence-electron chi connectivity index (χ2n) is 4.46. The van der Waals surface area contributed by atoms with Crippen molar-refractivity contribution in [3.63, 3.8) is 0 Å². The van der Waals surface area contributed by atoms with Gasteiger partial charge in [0.1, 0.15) is 5.65 Å². The molecule has 0 aliphatic heterocycles. The third kappa shape index (κ3) is 2.89. The first-order valence-electron chi connectivity index (χ1n) is 6.48. The number of hydrogen-bond acceptors (Lipinski definition) is 3. The van der Waals surface area contributed by atoms with E-state index >= 15 is 0 Å². The molecule has 0 atom stereocenters. The molecule has 0 fully saturated rings. The number of methoxy groups -OCH3 is 1. The van der Waals surface area contributed by atoms with Crippen molar-refractivity contribution >= 4 is 11.0 Å². The largest absolute Gasteiger partial charge is 0.385 e. The molecule has 4 nitrogen and oxygen atoms in total. The maximum absolute atomic E-state index is 5.65. The topological polar surface area (TPSA) is 53.1 Å². The Morgan fingerprint density at radius 3 is 3.06 bits per heavy atom. The van der Waals surface area contributed by atoms with Gasteiger partial charge in [-0.3, -0.25) is 0 Å². The minimum Gasteiger partial charge on any atom is -0.385 e. The maximum atomic E-state index is 5.65. The molecule has 2 rings (SSSR count). The van der Waals surface area contributed by atoms with Gasteiger partial charge in [0, 0.05) is 38.0 Å². The Morgan fingerprint density at radius 1 is 1.39 bits per heavy atom. The number of pyridine rings is 1. The zero-order chi connectivity index (χ0) is 12.8. The molecule has 0 saturated heterocycles. The molecule has 98 valence electrons. The van der Waals surface area contributed by atoms with Crippen molar-refractivity contribution in [3.8, 4) is 0 Å². The Bertz CT molecular complexity index is 493.